The number of nitrogens with one attached hydrogen (secondary N) is 2. The lowest BCUT2D eigenvalue weighted by Gasteiger charge is -2.08. The molecule has 0 saturated heterocycles. The summed E-state index contributed by atoms with van der Waals surface area (Å²) in [4.78, 5) is 16.8. The molecule has 0 atom stereocenters. The Morgan fingerprint density at radius 2 is 1.86 bits per heavy atom. The molecule has 0 bridgehead atoms. The van der Waals surface area contributed by atoms with E-state index in [1.54, 1.807) is 18.5 Å². The summed E-state index contributed by atoms with van der Waals surface area (Å²) in [6, 6.07) is 15.3. The summed E-state index contributed by atoms with van der Waals surface area (Å²) >= 11 is 0. The molecule has 5 heteroatoms. The Labute approximate surface area is 126 Å². The highest BCUT2D eigenvalue weighted by Crippen LogP contribution is 2.22. The average Bonchev–Trinajstić information content (AvgIpc) is 3.04. The lowest BCUT2D eigenvalue weighted by Crippen LogP contribution is -2.12. The number of pyridine rings is 1. The Balaban J connectivity index is 1.77. The van der Waals surface area contributed by atoms with Gasteiger partial charge in [0.25, 0.3) is 5.91 Å². The molecule has 2 heterocycles. The van der Waals surface area contributed by atoms with Crippen molar-refractivity contribution in [3.8, 4) is 0 Å². The van der Waals surface area contributed by atoms with Gasteiger partial charge in [-0.05, 0) is 22.9 Å². The van der Waals surface area contributed by atoms with Crippen molar-refractivity contribution in [1.29, 1.82) is 0 Å². The zero-order valence-electron chi connectivity index (χ0n) is 11.6. The molecule has 1 amide bonds. The summed E-state index contributed by atoms with van der Waals surface area (Å²) in [5, 5.41) is 12.4. The van der Waals surface area contributed by atoms with E-state index in [1.807, 2.05) is 42.5 Å². The minimum absolute atomic E-state index is 0.148. The van der Waals surface area contributed by atoms with E-state index in [9.17, 15) is 4.79 Å². The standard InChI is InChI=1S/C17H12N4O/c22-17(13-7-3-5-11-4-1-2-6-12(11)13)20-15-8-9-18-16-14(15)10-19-21-16/h1-10H,(H2,18,19,20,21,22). The number of fused-ring (bicyclic) bond motifs is 2. The number of benzene rings is 2. The molecular weight excluding hydrogens is 276 g/mol. The van der Waals surface area contributed by atoms with Crippen molar-refractivity contribution in [3.63, 3.8) is 0 Å². The number of hydrogen-bond donors (Lipinski definition) is 2. The molecule has 0 aliphatic carbocycles. The number of carbonyl (C=O) groups is 1. The maximum atomic E-state index is 12.6. The highest BCUT2D eigenvalue weighted by molar-refractivity contribution is 6.14. The first-order chi connectivity index (χ1) is 10.8. The van der Waals surface area contributed by atoms with E-state index in [-0.39, 0.29) is 5.91 Å². The van der Waals surface area contributed by atoms with Crippen LogP contribution in [0.2, 0.25) is 0 Å². The van der Waals surface area contributed by atoms with Crippen LogP contribution in [0.15, 0.2) is 60.9 Å². The molecule has 0 aliphatic heterocycles. The number of aromatic nitrogens is 3. The largest absolute Gasteiger partial charge is 0.321 e. The number of H-pyrrole nitrogens is 1. The van der Waals surface area contributed by atoms with Gasteiger partial charge in [-0.25, -0.2) is 4.98 Å². The van der Waals surface area contributed by atoms with Gasteiger partial charge in [0, 0.05) is 11.8 Å². The summed E-state index contributed by atoms with van der Waals surface area (Å²) in [7, 11) is 0. The maximum Gasteiger partial charge on any atom is 0.256 e. The first-order valence-corrected chi connectivity index (χ1v) is 6.90. The lowest BCUT2D eigenvalue weighted by atomic mass is 10.0. The molecule has 2 aromatic heterocycles. The van der Waals surface area contributed by atoms with Crippen LogP contribution in [0.1, 0.15) is 10.4 Å². The molecule has 0 spiro atoms. The molecule has 106 valence electrons. The number of hydrogen-bond acceptors (Lipinski definition) is 3. The summed E-state index contributed by atoms with van der Waals surface area (Å²) in [6.45, 7) is 0. The monoisotopic (exact) mass is 288 g/mol. The lowest BCUT2D eigenvalue weighted by molar-refractivity contribution is 0.102. The van der Waals surface area contributed by atoms with Crippen LogP contribution < -0.4 is 5.32 Å². The Hall–Kier alpha value is -3.21. The quantitative estimate of drug-likeness (QED) is 0.594. The van der Waals surface area contributed by atoms with Crippen molar-refractivity contribution in [3.05, 3.63) is 66.5 Å². The SMILES string of the molecule is O=C(Nc1ccnc2[nH]ncc12)c1cccc2ccccc12. The van der Waals surface area contributed by atoms with Gasteiger partial charge in [0.05, 0.1) is 17.3 Å². The van der Waals surface area contributed by atoms with Crippen LogP contribution in [0.25, 0.3) is 21.8 Å². The van der Waals surface area contributed by atoms with E-state index in [4.69, 9.17) is 0 Å². The van der Waals surface area contributed by atoms with Crippen molar-refractivity contribution < 1.29 is 4.79 Å². The minimum Gasteiger partial charge on any atom is -0.321 e. The highest BCUT2D eigenvalue weighted by atomic mass is 16.1. The molecule has 0 fully saturated rings. The third-order valence-corrected chi connectivity index (χ3v) is 3.64. The van der Waals surface area contributed by atoms with Gasteiger partial charge in [0.2, 0.25) is 0 Å². The van der Waals surface area contributed by atoms with Crippen molar-refractivity contribution in [2.45, 2.75) is 0 Å². The topological polar surface area (TPSA) is 70.7 Å². The first kappa shape index (κ1) is 12.5. The molecular formula is C17H12N4O. The van der Waals surface area contributed by atoms with E-state index in [2.05, 4.69) is 20.5 Å². The van der Waals surface area contributed by atoms with E-state index < -0.39 is 0 Å². The Morgan fingerprint density at radius 3 is 2.82 bits per heavy atom. The van der Waals surface area contributed by atoms with Crippen molar-refractivity contribution in [2.24, 2.45) is 0 Å². The van der Waals surface area contributed by atoms with Gasteiger partial charge in [-0.1, -0.05) is 36.4 Å². The molecule has 2 aromatic carbocycles. The third kappa shape index (κ3) is 2.00. The molecule has 0 radical (unpaired) electrons. The fourth-order valence-corrected chi connectivity index (χ4v) is 2.57. The summed E-state index contributed by atoms with van der Waals surface area (Å²) < 4.78 is 0. The second-order valence-corrected chi connectivity index (χ2v) is 4.97. The second kappa shape index (κ2) is 4.96. The van der Waals surface area contributed by atoms with Crippen LogP contribution >= 0.6 is 0 Å². The molecule has 4 aromatic rings. The maximum absolute atomic E-state index is 12.6. The number of anilines is 1. The van der Waals surface area contributed by atoms with Crippen molar-refractivity contribution in [2.75, 3.05) is 5.32 Å². The third-order valence-electron chi connectivity index (χ3n) is 3.64. The highest BCUT2D eigenvalue weighted by Gasteiger charge is 2.12. The molecule has 5 nitrogen and oxygen atoms in total. The Kier molecular flexibility index (Phi) is 2.83. The first-order valence-electron chi connectivity index (χ1n) is 6.90. The van der Waals surface area contributed by atoms with Crippen LogP contribution in [-0.2, 0) is 0 Å². The van der Waals surface area contributed by atoms with Gasteiger partial charge < -0.3 is 5.32 Å². The number of nitrogens with zero attached hydrogens (tertiary/aromatic N) is 2. The van der Waals surface area contributed by atoms with E-state index in [0.717, 1.165) is 16.2 Å². The number of amides is 1. The zero-order chi connectivity index (χ0) is 14.9. The summed E-state index contributed by atoms with van der Waals surface area (Å²) in [5.41, 5.74) is 1.99. The van der Waals surface area contributed by atoms with Gasteiger partial charge in [-0.15, -0.1) is 0 Å². The van der Waals surface area contributed by atoms with Crippen LogP contribution in [0.5, 0.6) is 0 Å². The van der Waals surface area contributed by atoms with Gasteiger partial charge in [0.1, 0.15) is 0 Å². The fourth-order valence-electron chi connectivity index (χ4n) is 2.57. The van der Waals surface area contributed by atoms with Crippen molar-refractivity contribution in [1.82, 2.24) is 15.2 Å². The number of aromatic amines is 1. The van der Waals surface area contributed by atoms with Gasteiger partial charge in [-0.2, -0.15) is 5.10 Å². The van der Waals surface area contributed by atoms with Gasteiger partial charge in [0.15, 0.2) is 5.65 Å². The van der Waals surface area contributed by atoms with Crippen molar-refractivity contribution >= 4 is 33.4 Å². The Bertz CT molecular complexity index is 985. The second-order valence-electron chi connectivity index (χ2n) is 4.97. The predicted molar refractivity (Wildman–Crippen MR) is 85.8 cm³/mol. The smallest absolute Gasteiger partial charge is 0.256 e. The van der Waals surface area contributed by atoms with Gasteiger partial charge in [-0.3, -0.25) is 9.89 Å². The Morgan fingerprint density at radius 1 is 1.00 bits per heavy atom. The van der Waals surface area contributed by atoms with E-state index >= 15 is 0 Å². The van der Waals surface area contributed by atoms with Crippen LogP contribution in [0, 0.1) is 0 Å². The van der Waals surface area contributed by atoms with Crippen LogP contribution in [0.3, 0.4) is 0 Å². The molecule has 0 aliphatic rings. The normalized spacial score (nSPS) is 10.9. The summed E-state index contributed by atoms with van der Waals surface area (Å²) in [6.07, 6.45) is 3.29. The zero-order valence-corrected chi connectivity index (χ0v) is 11.6. The molecule has 4 rings (SSSR count). The minimum atomic E-state index is -0.148. The molecule has 2 N–H and O–H groups in total. The fraction of sp³-hybridized carbons (Fsp3) is 0. The van der Waals surface area contributed by atoms with E-state index in [1.165, 1.54) is 0 Å². The van der Waals surface area contributed by atoms with Gasteiger partial charge >= 0.3 is 0 Å². The summed E-state index contributed by atoms with van der Waals surface area (Å²) in [5.74, 6) is -0.148. The van der Waals surface area contributed by atoms with Crippen LogP contribution in [0.4, 0.5) is 5.69 Å². The van der Waals surface area contributed by atoms with Crippen LogP contribution in [-0.4, -0.2) is 21.1 Å². The number of rotatable bonds is 2. The van der Waals surface area contributed by atoms with E-state index in [0.29, 0.717) is 16.9 Å². The predicted octanol–water partition coefficient (Wildman–Crippen LogP) is 3.36. The number of carbonyl (C=O) groups excluding carboxylic acids is 1. The molecule has 22 heavy (non-hydrogen) atoms. The molecule has 0 unspecified atom stereocenters. The molecule has 0 saturated carbocycles. The average molecular weight is 288 g/mol.